The summed E-state index contributed by atoms with van der Waals surface area (Å²) in [5, 5.41) is 0.538. The molecule has 2 heterocycles. The maximum atomic E-state index is 14.5. The van der Waals surface area contributed by atoms with Gasteiger partial charge in [0.2, 0.25) is 5.91 Å². The molecule has 3 aromatic rings. The lowest BCUT2D eigenvalue weighted by Gasteiger charge is -2.37. The van der Waals surface area contributed by atoms with Crippen LogP contribution in [-0.2, 0) is 49.5 Å². The Morgan fingerprint density at radius 2 is 1.56 bits per heavy atom. The van der Waals surface area contributed by atoms with E-state index < -0.39 is 41.8 Å². The van der Waals surface area contributed by atoms with E-state index in [2.05, 4.69) is 44.2 Å². The van der Waals surface area contributed by atoms with Crippen LogP contribution in [0.4, 0.5) is 0 Å². The smallest absolute Gasteiger partial charge is 0.335 e. The van der Waals surface area contributed by atoms with Gasteiger partial charge in [-0.3, -0.25) is 19.2 Å². The largest absolute Gasteiger partial charge is 0.493 e. The van der Waals surface area contributed by atoms with E-state index in [0.29, 0.717) is 72.4 Å². The highest BCUT2D eigenvalue weighted by Gasteiger charge is 2.38. The first-order valence-electron chi connectivity index (χ1n) is 25.7. The first-order valence-corrected chi connectivity index (χ1v) is 25.7. The summed E-state index contributed by atoms with van der Waals surface area (Å²) in [7, 11) is 3.17. The van der Waals surface area contributed by atoms with Crippen LogP contribution in [0.2, 0.25) is 0 Å². The molecule has 0 radical (unpaired) electrons. The van der Waals surface area contributed by atoms with Crippen LogP contribution in [0.25, 0.3) is 0 Å². The molecule has 3 amide bonds. The van der Waals surface area contributed by atoms with Crippen molar-refractivity contribution in [3.8, 4) is 17.2 Å². The lowest BCUT2D eigenvalue weighted by Crippen LogP contribution is -2.50. The summed E-state index contributed by atoms with van der Waals surface area (Å²) < 4.78 is 30.0. The molecule has 6 rings (SSSR count). The van der Waals surface area contributed by atoms with Crippen LogP contribution in [0.15, 0.2) is 66.7 Å². The number of nitrogens with zero attached hydrogens (tertiary/aromatic N) is 2. The number of Topliss-reactive ketones (excluding diaryl/α,β-unsaturated/α-hetero) is 1. The zero-order valence-corrected chi connectivity index (χ0v) is 42.7. The number of allylic oxidation sites excluding steroid dienone is 2. The molecular weight excluding hydrogens is 905 g/mol. The molecule has 2 fully saturated rings. The molecule has 384 valence electrons. The number of piperidine rings is 1. The molecule has 0 spiro atoms. The zero-order chi connectivity index (χ0) is 50.9. The van der Waals surface area contributed by atoms with Crippen molar-refractivity contribution >= 4 is 35.4 Å². The van der Waals surface area contributed by atoms with E-state index in [4.69, 9.17) is 28.5 Å². The second-order valence-electron chi connectivity index (χ2n) is 19.3. The van der Waals surface area contributed by atoms with Gasteiger partial charge >= 0.3 is 11.9 Å². The maximum Gasteiger partial charge on any atom is 0.335 e. The number of imide groups is 1. The molecule has 0 aromatic heterocycles. The van der Waals surface area contributed by atoms with Gasteiger partial charge in [0, 0.05) is 25.8 Å². The molecule has 0 bridgehead atoms. The third-order valence-electron chi connectivity index (χ3n) is 14.1. The Balaban J connectivity index is 1.12. The number of carbonyl (C=O) groups excluding carboxylic acids is 6. The van der Waals surface area contributed by atoms with Gasteiger partial charge in [-0.1, -0.05) is 61.9 Å². The molecule has 14 heteroatoms. The van der Waals surface area contributed by atoms with Crippen molar-refractivity contribution in [2.45, 2.75) is 161 Å². The highest BCUT2D eigenvalue weighted by Crippen LogP contribution is 2.37. The van der Waals surface area contributed by atoms with E-state index in [0.717, 1.165) is 68.1 Å². The van der Waals surface area contributed by atoms with Gasteiger partial charge in [-0.15, -0.1) is 5.06 Å². The number of amides is 3. The molecule has 3 aliphatic rings. The number of hydrogen-bond donors (Lipinski definition) is 0. The molecular formula is C57H74N2O12. The Hall–Kier alpha value is -6.02. The van der Waals surface area contributed by atoms with E-state index in [-0.39, 0.29) is 56.7 Å². The van der Waals surface area contributed by atoms with Crippen LogP contribution < -0.4 is 14.2 Å². The minimum Gasteiger partial charge on any atom is -0.493 e. The van der Waals surface area contributed by atoms with Crippen LogP contribution in [0, 0.1) is 26.7 Å². The van der Waals surface area contributed by atoms with Crippen molar-refractivity contribution in [1.29, 1.82) is 0 Å². The predicted molar refractivity (Wildman–Crippen MR) is 268 cm³/mol. The number of rotatable bonds is 24. The summed E-state index contributed by atoms with van der Waals surface area (Å²) >= 11 is 0. The monoisotopic (exact) mass is 979 g/mol. The molecule has 3 aromatic carbocycles. The molecule has 71 heavy (non-hydrogen) atoms. The van der Waals surface area contributed by atoms with Gasteiger partial charge in [0.15, 0.2) is 17.3 Å². The Morgan fingerprint density at radius 3 is 2.31 bits per heavy atom. The summed E-state index contributed by atoms with van der Waals surface area (Å²) in [4.78, 5) is 85.6. The van der Waals surface area contributed by atoms with E-state index in [9.17, 15) is 28.8 Å². The van der Waals surface area contributed by atoms with E-state index >= 15 is 0 Å². The molecule has 5 atom stereocenters. The predicted octanol–water partition coefficient (Wildman–Crippen LogP) is 10.1. The van der Waals surface area contributed by atoms with Crippen LogP contribution in [0.3, 0.4) is 0 Å². The Kier molecular flexibility index (Phi) is 20.6. The number of benzene rings is 3. The van der Waals surface area contributed by atoms with Gasteiger partial charge in [-0.05, 0) is 155 Å². The van der Waals surface area contributed by atoms with Crippen LogP contribution >= 0.6 is 0 Å². The zero-order valence-electron chi connectivity index (χ0n) is 42.7. The number of esters is 1. The van der Waals surface area contributed by atoms with Crippen molar-refractivity contribution in [3.63, 3.8) is 0 Å². The van der Waals surface area contributed by atoms with Crippen molar-refractivity contribution in [2.75, 3.05) is 34.0 Å². The lowest BCUT2D eigenvalue weighted by molar-refractivity contribution is -0.198. The number of ether oxygens (including phenoxy) is 5. The molecule has 14 nitrogen and oxygen atoms in total. The Labute approximate surface area is 419 Å². The number of likely N-dealkylation sites (tertiary alicyclic amines) is 1. The Bertz CT molecular complexity index is 2340. The number of hydroxylamine groups is 2. The lowest BCUT2D eigenvalue weighted by atomic mass is 9.88. The molecule has 0 N–H and O–H groups in total. The van der Waals surface area contributed by atoms with Crippen molar-refractivity contribution < 1.29 is 57.3 Å². The first-order chi connectivity index (χ1) is 34.3. The summed E-state index contributed by atoms with van der Waals surface area (Å²) in [6.45, 7) is 8.32. The topological polar surface area (TPSA) is 164 Å². The van der Waals surface area contributed by atoms with Crippen LogP contribution in [-0.4, -0.2) is 91.5 Å². The van der Waals surface area contributed by atoms with E-state index in [1.54, 1.807) is 25.2 Å². The third kappa shape index (κ3) is 15.5. The molecule has 2 aliphatic heterocycles. The van der Waals surface area contributed by atoms with Gasteiger partial charge in [0.1, 0.15) is 24.5 Å². The maximum absolute atomic E-state index is 14.5. The molecule has 1 aliphatic carbocycles. The molecule has 2 unspecified atom stereocenters. The normalized spacial score (nSPS) is 19.0. The van der Waals surface area contributed by atoms with Crippen LogP contribution in [0.5, 0.6) is 17.2 Å². The molecule has 0 saturated carbocycles. The highest BCUT2D eigenvalue weighted by atomic mass is 16.7. The fourth-order valence-electron chi connectivity index (χ4n) is 9.94. The van der Waals surface area contributed by atoms with Gasteiger partial charge in [-0.25, -0.2) is 9.59 Å². The van der Waals surface area contributed by atoms with E-state index in [1.807, 2.05) is 44.2 Å². The fourth-order valence-corrected chi connectivity index (χ4v) is 9.94. The standard InChI is InChI=1S/C57H74N2O12/c1-7-48(44-33-40(4)55(67-6)51(36-44)66-5)56(64)58-30-14-13-20-49(58)57(65)70-50(26-23-42-22-21-38(2)39(3)32-42)43-18-15-19-46(35-43)69-37-45(60)24-25-47(34-41-16-11-9-8-10-12-17-41)68-31-29-54(63)71-59-52(61)27-28-53(59)62/h8-9,15,18-19,21-22,32-33,35-36,41,47-50H,7,10-14,16-17,20,23-31,34,37H2,1-6H3/b9-8+/t41?,47?,48-,49-,50+/m0/s1. The van der Waals surface area contributed by atoms with Gasteiger partial charge in [0.05, 0.1) is 39.3 Å². The number of carbonyl (C=O) groups is 6. The minimum atomic E-state index is -0.760. The third-order valence-corrected chi connectivity index (χ3v) is 14.1. The van der Waals surface area contributed by atoms with Gasteiger partial charge in [-0.2, -0.15) is 0 Å². The summed E-state index contributed by atoms with van der Waals surface area (Å²) in [6, 6.07) is 16.7. The van der Waals surface area contributed by atoms with Crippen molar-refractivity contribution in [3.05, 3.63) is 100 Å². The van der Waals surface area contributed by atoms with Crippen molar-refractivity contribution in [1.82, 2.24) is 9.96 Å². The number of methoxy groups -OCH3 is 2. The molecule has 2 saturated heterocycles. The van der Waals surface area contributed by atoms with Crippen molar-refractivity contribution in [2.24, 2.45) is 5.92 Å². The summed E-state index contributed by atoms with van der Waals surface area (Å²) in [5.41, 5.74) is 5.85. The van der Waals surface area contributed by atoms with E-state index in [1.165, 1.54) is 11.1 Å². The van der Waals surface area contributed by atoms with Gasteiger partial charge < -0.3 is 33.4 Å². The van der Waals surface area contributed by atoms with Gasteiger partial charge in [0.25, 0.3) is 11.8 Å². The number of ketones is 1. The second kappa shape index (κ2) is 27.0. The Morgan fingerprint density at radius 1 is 0.775 bits per heavy atom. The fraction of sp³-hybridized carbons (Fsp3) is 0.544. The average molecular weight is 979 g/mol. The SMILES string of the molecule is CC[C@H](C(=O)N1CCCC[C@H]1C(=O)O[C@H](CCc1ccc(C)c(C)c1)c1cccc(OCC(=O)CCC(CC2CC/C=C/CCC2)OCCC(=O)ON2C(=O)CCC2=O)c1)c1cc(C)c(OC)c(OC)c1. The summed E-state index contributed by atoms with van der Waals surface area (Å²) in [5.74, 6) is -0.996. The average Bonchev–Trinajstić information content (AvgIpc) is 3.67. The minimum absolute atomic E-state index is 0.0163. The first kappa shape index (κ1) is 54.3. The highest BCUT2D eigenvalue weighted by molar-refractivity contribution is 6.01. The quantitative estimate of drug-likeness (QED) is 0.0475. The number of hydrogen-bond acceptors (Lipinski definition) is 12. The second-order valence-corrected chi connectivity index (χ2v) is 19.3. The number of aryl methyl sites for hydroxylation is 4. The van der Waals surface area contributed by atoms with Crippen LogP contribution in [0.1, 0.15) is 155 Å². The summed E-state index contributed by atoms with van der Waals surface area (Å²) in [6.07, 6.45) is 13.5.